The average molecular weight is 491 g/mol. The lowest BCUT2D eigenvalue weighted by molar-refractivity contribution is -0.140. The van der Waals surface area contributed by atoms with Crippen LogP contribution in [0.15, 0.2) is 30.3 Å². The molecule has 4 nitrogen and oxygen atoms in total. The van der Waals surface area contributed by atoms with E-state index in [4.69, 9.17) is 0 Å². The molecule has 0 radical (unpaired) electrons. The van der Waals surface area contributed by atoms with Gasteiger partial charge in [-0.3, -0.25) is 4.79 Å². The SMILES string of the molecule is Cc1ccc(C(F)(F)F)c(C(=O)N2CCC(Nc3nc4cc(F)c(C(F)(F)F)cc4s3)C2)c1. The van der Waals surface area contributed by atoms with E-state index >= 15 is 0 Å². The molecule has 0 aliphatic carbocycles. The minimum Gasteiger partial charge on any atom is -0.357 e. The molecule has 0 spiro atoms. The Hall–Kier alpha value is -2.89. The van der Waals surface area contributed by atoms with Crippen molar-refractivity contribution in [2.75, 3.05) is 18.4 Å². The van der Waals surface area contributed by atoms with Crippen molar-refractivity contribution in [3.63, 3.8) is 0 Å². The molecule has 2 aromatic carbocycles. The number of fused-ring (bicyclic) bond motifs is 1. The Morgan fingerprint density at radius 3 is 2.45 bits per heavy atom. The molecule has 1 amide bonds. The number of hydrogen-bond acceptors (Lipinski definition) is 4. The van der Waals surface area contributed by atoms with E-state index in [0.717, 1.165) is 17.4 Å². The van der Waals surface area contributed by atoms with Crippen molar-refractivity contribution in [1.29, 1.82) is 0 Å². The van der Waals surface area contributed by atoms with E-state index in [1.165, 1.54) is 17.0 Å². The quantitative estimate of drug-likeness (QED) is 0.450. The summed E-state index contributed by atoms with van der Waals surface area (Å²) in [6.07, 6.45) is -9.12. The fourth-order valence-corrected chi connectivity index (χ4v) is 4.68. The first-order valence-electron chi connectivity index (χ1n) is 9.74. The second-order valence-electron chi connectivity index (χ2n) is 7.74. The number of aromatic nitrogens is 1. The Balaban J connectivity index is 1.51. The first-order chi connectivity index (χ1) is 15.3. The number of hydrogen-bond donors (Lipinski definition) is 1. The van der Waals surface area contributed by atoms with Gasteiger partial charge in [-0.15, -0.1) is 0 Å². The van der Waals surface area contributed by atoms with Gasteiger partial charge in [0.05, 0.1) is 26.9 Å². The maximum absolute atomic E-state index is 13.8. The van der Waals surface area contributed by atoms with E-state index in [1.54, 1.807) is 6.92 Å². The van der Waals surface area contributed by atoms with Crippen LogP contribution in [0.4, 0.5) is 35.9 Å². The van der Waals surface area contributed by atoms with E-state index in [9.17, 15) is 35.5 Å². The summed E-state index contributed by atoms with van der Waals surface area (Å²) < 4.78 is 92.7. The molecule has 4 rings (SSSR count). The van der Waals surface area contributed by atoms with E-state index < -0.39 is 40.8 Å². The molecule has 1 fully saturated rings. The highest BCUT2D eigenvalue weighted by atomic mass is 32.1. The number of anilines is 1. The van der Waals surface area contributed by atoms with Crippen LogP contribution in [-0.2, 0) is 12.4 Å². The minimum absolute atomic E-state index is 0.0495. The van der Waals surface area contributed by atoms with Crippen molar-refractivity contribution < 1.29 is 35.5 Å². The van der Waals surface area contributed by atoms with Gasteiger partial charge in [0.25, 0.3) is 5.91 Å². The summed E-state index contributed by atoms with van der Waals surface area (Å²) in [7, 11) is 0. The van der Waals surface area contributed by atoms with Gasteiger partial charge in [0.2, 0.25) is 0 Å². The molecule has 176 valence electrons. The standard InChI is InChI=1S/C21H16F7N3OS/c1-10-2-3-13(20(23,24)25)12(6-10)18(32)31-5-4-11(9-31)29-19-30-16-8-15(22)14(21(26,27)28)7-17(16)33-19/h2-3,6-8,11H,4-5,9H2,1H3,(H,29,30). The van der Waals surface area contributed by atoms with Crippen LogP contribution in [0.3, 0.4) is 0 Å². The maximum Gasteiger partial charge on any atom is 0.419 e. The number of thiazole rings is 1. The largest absolute Gasteiger partial charge is 0.419 e. The van der Waals surface area contributed by atoms with Gasteiger partial charge < -0.3 is 10.2 Å². The van der Waals surface area contributed by atoms with Crippen molar-refractivity contribution in [2.45, 2.75) is 31.7 Å². The molecule has 1 aliphatic rings. The predicted molar refractivity (Wildman–Crippen MR) is 109 cm³/mol. The zero-order chi connectivity index (χ0) is 24.1. The van der Waals surface area contributed by atoms with Gasteiger partial charge in [0, 0.05) is 25.2 Å². The second-order valence-corrected chi connectivity index (χ2v) is 8.78. The van der Waals surface area contributed by atoms with E-state index in [1.807, 2.05) is 0 Å². The van der Waals surface area contributed by atoms with E-state index in [0.29, 0.717) is 24.1 Å². The monoisotopic (exact) mass is 491 g/mol. The molecule has 12 heteroatoms. The highest BCUT2D eigenvalue weighted by Gasteiger charge is 2.38. The van der Waals surface area contributed by atoms with Crippen LogP contribution < -0.4 is 5.32 Å². The fourth-order valence-electron chi connectivity index (χ4n) is 3.72. The number of rotatable bonds is 3. The Labute approximate surface area is 187 Å². The molecule has 1 aliphatic heterocycles. The third-order valence-electron chi connectivity index (χ3n) is 5.30. The van der Waals surface area contributed by atoms with Crippen LogP contribution in [0.5, 0.6) is 0 Å². The molecule has 3 aromatic rings. The smallest absolute Gasteiger partial charge is 0.357 e. The summed E-state index contributed by atoms with van der Waals surface area (Å²) in [5.74, 6) is -2.18. The number of carbonyl (C=O) groups excluding carboxylic acids is 1. The molecular weight excluding hydrogens is 475 g/mol. The van der Waals surface area contributed by atoms with Crippen LogP contribution in [0.25, 0.3) is 10.2 Å². The predicted octanol–water partition coefficient (Wildman–Crippen LogP) is 6.11. The number of alkyl halides is 6. The second kappa shape index (κ2) is 8.15. The number of amides is 1. The van der Waals surface area contributed by atoms with Crippen molar-refractivity contribution in [3.05, 3.63) is 58.4 Å². The first-order valence-corrected chi connectivity index (χ1v) is 10.6. The lowest BCUT2D eigenvalue weighted by Gasteiger charge is -2.20. The van der Waals surface area contributed by atoms with E-state index in [-0.39, 0.29) is 34.5 Å². The van der Waals surface area contributed by atoms with Gasteiger partial charge in [0.1, 0.15) is 5.82 Å². The third kappa shape index (κ3) is 4.75. The number of likely N-dealkylation sites (tertiary alicyclic amines) is 1. The van der Waals surface area contributed by atoms with Gasteiger partial charge in [-0.2, -0.15) is 26.3 Å². The molecule has 33 heavy (non-hydrogen) atoms. The van der Waals surface area contributed by atoms with Crippen molar-refractivity contribution in [3.8, 4) is 0 Å². The number of carbonyl (C=O) groups is 1. The first kappa shape index (κ1) is 23.3. The molecule has 0 bridgehead atoms. The van der Waals surface area contributed by atoms with Gasteiger partial charge in [-0.05, 0) is 31.5 Å². The van der Waals surface area contributed by atoms with Crippen LogP contribution in [0, 0.1) is 12.7 Å². The Kier molecular flexibility index (Phi) is 5.75. The summed E-state index contributed by atoms with van der Waals surface area (Å²) in [4.78, 5) is 18.2. The van der Waals surface area contributed by atoms with Crippen LogP contribution in [0.1, 0.15) is 33.5 Å². The van der Waals surface area contributed by atoms with Crippen molar-refractivity contribution >= 4 is 32.6 Å². The van der Waals surface area contributed by atoms with Crippen LogP contribution in [0.2, 0.25) is 0 Å². The number of aryl methyl sites for hydroxylation is 1. The maximum atomic E-state index is 13.8. The van der Waals surface area contributed by atoms with Gasteiger partial charge in [0.15, 0.2) is 5.13 Å². The summed E-state index contributed by atoms with van der Waals surface area (Å²) in [5, 5.41) is 3.22. The third-order valence-corrected chi connectivity index (χ3v) is 6.25. The number of halogens is 7. The number of benzene rings is 2. The van der Waals surface area contributed by atoms with Crippen LogP contribution >= 0.6 is 11.3 Å². The topological polar surface area (TPSA) is 45.2 Å². The number of nitrogens with zero attached hydrogens (tertiary/aromatic N) is 2. The molecule has 1 aromatic heterocycles. The van der Waals surface area contributed by atoms with Gasteiger partial charge >= 0.3 is 12.4 Å². The molecule has 2 heterocycles. The molecule has 1 unspecified atom stereocenters. The van der Waals surface area contributed by atoms with Crippen LogP contribution in [-0.4, -0.2) is 34.9 Å². The Morgan fingerprint density at radius 2 is 1.79 bits per heavy atom. The average Bonchev–Trinajstić information content (AvgIpc) is 3.31. The Morgan fingerprint density at radius 1 is 1.09 bits per heavy atom. The summed E-state index contributed by atoms with van der Waals surface area (Å²) >= 11 is 0.896. The van der Waals surface area contributed by atoms with Crippen molar-refractivity contribution in [2.24, 2.45) is 0 Å². The summed E-state index contributed by atoms with van der Waals surface area (Å²) in [6, 6.07) is 4.39. The molecule has 1 saturated heterocycles. The van der Waals surface area contributed by atoms with Gasteiger partial charge in [-0.25, -0.2) is 9.37 Å². The zero-order valence-electron chi connectivity index (χ0n) is 16.9. The van der Waals surface area contributed by atoms with E-state index in [2.05, 4.69) is 10.3 Å². The molecule has 1 N–H and O–H groups in total. The minimum atomic E-state index is -4.84. The Bertz CT molecular complexity index is 1220. The lowest BCUT2D eigenvalue weighted by Crippen LogP contribution is -2.33. The fraction of sp³-hybridized carbons (Fsp3) is 0.333. The normalized spacial score (nSPS) is 17.1. The number of nitrogens with one attached hydrogen (secondary N) is 1. The summed E-state index contributed by atoms with van der Waals surface area (Å²) in [6.45, 7) is 1.87. The lowest BCUT2D eigenvalue weighted by atomic mass is 10.0. The van der Waals surface area contributed by atoms with Crippen molar-refractivity contribution in [1.82, 2.24) is 9.88 Å². The zero-order valence-corrected chi connectivity index (χ0v) is 17.8. The highest BCUT2D eigenvalue weighted by Crippen LogP contribution is 2.37. The highest BCUT2D eigenvalue weighted by molar-refractivity contribution is 7.22. The van der Waals surface area contributed by atoms with Gasteiger partial charge in [-0.1, -0.05) is 23.0 Å². The molecule has 1 atom stereocenters. The molecular formula is C21H16F7N3OS. The molecule has 0 saturated carbocycles. The summed E-state index contributed by atoms with van der Waals surface area (Å²) in [5.41, 5.74) is -2.27.